The van der Waals surface area contributed by atoms with Crippen molar-refractivity contribution in [3.8, 4) is 0 Å². The van der Waals surface area contributed by atoms with Gasteiger partial charge in [0.2, 0.25) is 0 Å². The Labute approximate surface area is 183 Å². The van der Waals surface area contributed by atoms with Crippen molar-refractivity contribution in [3.63, 3.8) is 0 Å². The summed E-state index contributed by atoms with van der Waals surface area (Å²) >= 11 is 0. The number of hydrogen-bond acceptors (Lipinski definition) is 10. The second kappa shape index (κ2) is 7.71. The van der Waals surface area contributed by atoms with Crippen LogP contribution in [0.3, 0.4) is 0 Å². The van der Waals surface area contributed by atoms with Gasteiger partial charge in [0.05, 0.1) is 6.61 Å². The first kappa shape index (κ1) is 22.2. The molecule has 0 saturated carbocycles. The van der Waals surface area contributed by atoms with E-state index in [2.05, 4.69) is 4.98 Å². The molecule has 0 spiro atoms. The maximum absolute atomic E-state index is 12.3. The van der Waals surface area contributed by atoms with Crippen molar-refractivity contribution in [1.82, 2.24) is 9.55 Å². The van der Waals surface area contributed by atoms with Crippen molar-refractivity contribution in [2.24, 2.45) is 5.73 Å². The molecule has 5 heterocycles. The Morgan fingerprint density at radius 2 is 1.59 bits per heavy atom. The smallest absolute Gasteiger partial charge is 0.330 e. The third-order valence-corrected chi connectivity index (χ3v) is 6.01. The lowest BCUT2D eigenvalue weighted by molar-refractivity contribution is -0.246. The van der Waals surface area contributed by atoms with E-state index in [1.54, 1.807) is 13.8 Å². The molecule has 0 bridgehead atoms. The van der Waals surface area contributed by atoms with Gasteiger partial charge < -0.3 is 38.9 Å². The van der Waals surface area contributed by atoms with Gasteiger partial charge in [0.1, 0.15) is 36.6 Å². The molecule has 4 aliphatic heterocycles. The summed E-state index contributed by atoms with van der Waals surface area (Å²) in [6.45, 7) is 7.62. The van der Waals surface area contributed by atoms with Gasteiger partial charge in [-0.3, -0.25) is 14.3 Å². The maximum atomic E-state index is 12.3. The van der Waals surface area contributed by atoms with Gasteiger partial charge >= 0.3 is 5.69 Å². The topological polar surface area (TPSA) is 145 Å². The summed E-state index contributed by atoms with van der Waals surface area (Å²) in [6.07, 6.45) is -2.82. The normalized spacial score (nSPS) is 41.7. The summed E-state index contributed by atoms with van der Waals surface area (Å²) in [7, 11) is 0. The van der Waals surface area contributed by atoms with Crippen LogP contribution in [-0.2, 0) is 33.2 Å². The lowest BCUT2D eigenvalue weighted by atomic mass is 10.1. The molecule has 4 fully saturated rings. The summed E-state index contributed by atoms with van der Waals surface area (Å²) in [4.78, 5) is 26.0. The van der Waals surface area contributed by atoms with Crippen LogP contribution in [0.5, 0.6) is 0 Å². The first-order valence-corrected chi connectivity index (χ1v) is 10.7. The van der Waals surface area contributed by atoms with Crippen molar-refractivity contribution in [3.05, 3.63) is 33.1 Å². The number of aromatic amines is 1. The van der Waals surface area contributed by atoms with E-state index in [4.69, 9.17) is 38.9 Å². The van der Waals surface area contributed by atoms with E-state index in [-0.39, 0.29) is 25.4 Å². The SMILES string of the molecule is CC1(C)O[C@@H]2[C@H](O1)[C@@H](CO[C@@H]1O[C@H](CN)[C@H]3OC(C)(C)O[C@@H]13)O[C@H]2n1ccc(=O)[nH]c1=O. The predicted octanol–water partition coefficient (Wildman–Crippen LogP) is -0.826. The molecule has 0 radical (unpaired) electrons. The maximum Gasteiger partial charge on any atom is 0.330 e. The molecule has 32 heavy (non-hydrogen) atoms. The molecule has 178 valence electrons. The molecule has 0 aromatic carbocycles. The predicted molar refractivity (Wildman–Crippen MR) is 107 cm³/mol. The van der Waals surface area contributed by atoms with Gasteiger partial charge in [-0.1, -0.05) is 0 Å². The second-order valence-electron chi connectivity index (χ2n) is 9.32. The molecule has 12 nitrogen and oxygen atoms in total. The number of nitrogens with two attached hydrogens (primary N) is 1. The molecule has 1 aromatic rings. The highest BCUT2D eigenvalue weighted by atomic mass is 16.8. The van der Waals surface area contributed by atoms with E-state index < -0.39 is 59.8 Å². The summed E-state index contributed by atoms with van der Waals surface area (Å²) < 4.78 is 43.3. The number of nitrogens with zero attached hydrogens (tertiary/aromatic N) is 1. The molecule has 12 heteroatoms. The number of fused-ring (bicyclic) bond motifs is 2. The molecule has 0 unspecified atom stereocenters. The lowest BCUT2D eigenvalue weighted by Gasteiger charge is -2.26. The largest absolute Gasteiger partial charge is 0.347 e. The van der Waals surface area contributed by atoms with Gasteiger partial charge in [-0.15, -0.1) is 0 Å². The highest BCUT2D eigenvalue weighted by Gasteiger charge is 2.58. The van der Waals surface area contributed by atoms with Crippen LogP contribution in [0, 0.1) is 0 Å². The quantitative estimate of drug-likeness (QED) is 0.577. The van der Waals surface area contributed by atoms with Crippen LogP contribution in [-0.4, -0.2) is 77.2 Å². The third kappa shape index (κ3) is 3.84. The van der Waals surface area contributed by atoms with E-state index in [0.717, 1.165) is 0 Å². The van der Waals surface area contributed by atoms with Crippen molar-refractivity contribution in [2.45, 2.75) is 88.4 Å². The van der Waals surface area contributed by atoms with Crippen molar-refractivity contribution < 1.29 is 33.2 Å². The number of rotatable bonds is 5. The van der Waals surface area contributed by atoms with E-state index in [9.17, 15) is 9.59 Å². The monoisotopic (exact) mass is 455 g/mol. The Morgan fingerprint density at radius 1 is 0.969 bits per heavy atom. The number of ether oxygens (including phenoxy) is 7. The van der Waals surface area contributed by atoms with E-state index >= 15 is 0 Å². The standard InChI is InChI=1S/C20H29N3O9/c1-19(2)30-13-10(27-16(14(13)31-19)23-6-5-11(24)22-18(23)25)8-26-17-15-12(9(7-21)28-17)29-20(3,4)32-15/h5-6,9-10,12-17H,7-8,21H2,1-4H3,(H,22,24,25)/t9-,10-,12-,13-,14-,15-,16-,17-/m1/s1. The van der Waals surface area contributed by atoms with Crippen LogP contribution in [0.1, 0.15) is 33.9 Å². The zero-order valence-electron chi connectivity index (χ0n) is 18.4. The van der Waals surface area contributed by atoms with Crippen molar-refractivity contribution in [1.29, 1.82) is 0 Å². The highest BCUT2D eigenvalue weighted by molar-refractivity contribution is 5.00. The van der Waals surface area contributed by atoms with Gasteiger partial charge in [0.15, 0.2) is 24.1 Å². The van der Waals surface area contributed by atoms with Crippen LogP contribution in [0.4, 0.5) is 0 Å². The average Bonchev–Trinajstić information content (AvgIpc) is 3.37. The number of hydrogen-bond donors (Lipinski definition) is 2. The summed E-state index contributed by atoms with van der Waals surface area (Å²) in [6, 6.07) is 1.25. The van der Waals surface area contributed by atoms with E-state index in [0.29, 0.717) is 0 Å². The van der Waals surface area contributed by atoms with Crippen LogP contribution in [0.25, 0.3) is 0 Å². The summed E-state index contributed by atoms with van der Waals surface area (Å²) in [5.74, 6) is -1.63. The molecular formula is C20H29N3O9. The first-order chi connectivity index (χ1) is 15.1. The molecule has 3 N–H and O–H groups in total. The highest BCUT2D eigenvalue weighted by Crippen LogP contribution is 2.43. The van der Waals surface area contributed by atoms with Crippen LogP contribution >= 0.6 is 0 Å². The Kier molecular flexibility index (Phi) is 5.34. The second-order valence-corrected chi connectivity index (χ2v) is 9.32. The molecule has 5 rings (SSSR count). The Hall–Kier alpha value is -1.64. The minimum absolute atomic E-state index is 0.101. The zero-order valence-corrected chi connectivity index (χ0v) is 18.4. The molecule has 4 aliphatic rings. The molecule has 8 atom stereocenters. The molecular weight excluding hydrogens is 426 g/mol. The fourth-order valence-corrected chi connectivity index (χ4v) is 4.80. The van der Waals surface area contributed by atoms with Crippen LogP contribution < -0.4 is 17.0 Å². The third-order valence-electron chi connectivity index (χ3n) is 6.01. The Morgan fingerprint density at radius 3 is 2.25 bits per heavy atom. The number of nitrogens with one attached hydrogen (secondary N) is 1. The molecule has 0 amide bonds. The Balaban J connectivity index is 1.33. The molecule has 4 saturated heterocycles. The van der Waals surface area contributed by atoms with E-state index in [1.165, 1.54) is 16.8 Å². The van der Waals surface area contributed by atoms with Gasteiger partial charge in [-0.25, -0.2) is 4.79 Å². The van der Waals surface area contributed by atoms with E-state index in [1.807, 2.05) is 13.8 Å². The average molecular weight is 455 g/mol. The number of H-pyrrole nitrogens is 1. The van der Waals surface area contributed by atoms with Crippen molar-refractivity contribution >= 4 is 0 Å². The van der Waals surface area contributed by atoms with Crippen LogP contribution in [0.2, 0.25) is 0 Å². The summed E-state index contributed by atoms with van der Waals surface area (Å²) in [5.41, 5.74) is 4.74. The van der Waals surface area contributed by atoms with Gasteiger partial charge in [-0.2, -0.15) is 0 Å². The summed E-state index contributed by atoms with van der Waals surface area (Å²) in [5, 5.41) is 0. The van der Waals surface area contributed by atoms with Gasteiger partial charge in [0, 0.05) is 18.8 Å². The minimum atomic E-state index is -0.868. The van der Waals surface area contributed by atoms with Gasteiger partial charge in [-0.05, 0) is 27.7 Å². The fourth-order valence-electron chi connectivity index (χ4n) is 4.80. The lowest BCUT2D eigenvalue weighted by Crippen LogP contribution is -2.37. The first-order valence-electron chi connectivity index (χ1n) is 10.7. The van der Waals surface area contributed by atoms with Crippen LogP contribution in [0.15, 0.2) is 21.9 Å². The zero-order chi connectivity index (χ0) is 22.8. The Bertz CT molecular complexity index is 976. The minimum Gasteiger partial charge on any atom is -0.347 e. The van der Waals surface area contributed by atoms with Crippen molar-refractivity contribution in [2.75, 3.05) is 13.2 Å². The molecule has 1 aromatic heterocycles. The fraction of sp³-hybridized carbons (Fsp3) is 0.800. The number of aromatic nitrogens is 2. The van der Waals surface area contributed by atoms with Gasteiger partial charge in [0.25, 0.3) is 5.56 Å². The molecule has 0 aliphatic carbocycles.